The van der Waals surface area contributed by atoms with Crippen LogP contribution in [0.2, 0.25) is 5.02 Å². The lowest BCUT2D eigenvalue weighted by Gasteiger charge is -2.12. The summed E-state index contributed by atoms with van der Waals surface area (Å²) in [6.45, 7) is 3.51. The van der Waals surface area contributed by atoms with E-state index in [2.05, 4.69) is 5.32 Å². The summed E-state index contributed by atoms with van der Waals surface area (Å²) in [7, 11) is 1.49. The highest BCUT2D eigenvalue weighted by atomic mass is 35.5. The molecule has 0 bridgehead atoms. The van der Waals surface area contributed by atoms with Gasteiger partial charge in [-0.3, -0.25) is 9.59 Å². The number of amides is 1. The lowest BCUT2D eigenvalue weighted by atomic mass is 10.2. The first-order valence-electron chi connectivity index (χ1n) is 6.73. The average molecular weight is 312 g/mol. The molecule has 1 aliphatic rings. The zero-order chi connectivity index (χ0) is 15.6. The zero-order valence-corrected chi connectivity index (χ0v) is 13.0. The number of aryl methyl sites for hydroxylation is 1. The Labute approximate surface area is 128 Å². The highest BCUT2D eigenvalue weighted by Gasteiger charge is 2.40. The summed E-state index contributed by atoms with van der Waals surface area (Å²) in [5, 5.41) is 3.21. The zero-order valence-electron chi connectivity index (χ0n) is 12.2. The molecule has 2 atom stereocenters. The molecule has 1 fully saturated rings. The van der Waals surface area contributed by atoms with E-state index < -0.39 is 5.91 Å². The van der Waals surface area contributed by atoms with Crippen LogP contribution in [0, 0.1) is 18.8 Å². The first-order chi connectivity index (χ1) is 9.92. The Morgan fingerprint density at radius 2 is 2.10 bits per heavy atom. The van der Waals surface area contributed by atoms with Crippen LogP contribution in [0.3, 0.4) is 0 Å². The second-order valence-electron chi connectivity index (χ2n) is 5.28. The van der Waals surface area contributed by atoms with Crippen molar-refractivity contribution >= 4 is 29.2 Å². The minimum absolute atomic E-state index is 0.0508. The summed E-state index contributed by atoms with van der Waals surface area (Å²) in [5.41, 5.74) is 1.32. The van der Waals surface area contributed by atoms with Gasteiger partial charge in [-0.1, -0.05) is 18.5 Å². The van der Waals surface area contributed by atoms with E-state index >= 15 is 0 Å². The molecule has 0 radical (unpaired) electrons. The van der Waals surface area contributed by atoms with Crippen molar-refractivity contribution in [2.24, 2.45) is 11.8 Å². The number of ether oxygens (including phenoxy) is 2. The largest absolute Gasteiger partial charge is 0.495 e. The summed E-state index contributed by atoms with van der Waals surface area (Å²) in [6.07, 6.45) is 0.838. The van der Waals surface area contributed by atoms with Gasteiger partial charge in [-0.25, -0.2) is 0 Å². The first-order valence-corrected chi connectivity index (χ1v) is 7.10. The van der Waals surface area contributed by atoms with Crippen molar-refractivity contribution < 1.29 is 19.1 Å². The van der Waals surface area contributed by atoms with E-state index in [1.807, 2.05) is 13.8 Å². The smallest absolute Gasteiger partial charge is 0.309 e. The maximum atomic E-state index is 11.8. The number of carbonyl (C=O) groups excluding carboxylic acids is 2. The van der Waals surface area contributed by atoms with Crippen LogP contribution in [0.1, 0.15) is 18.9 Å². The van der Waals surface area contributed by atoms with Gasteiger partial charge in [0.1, 0.15) is 5.75 Å². The number of esters is 1. The molecule has 5 nitrogen and oxygen atoms in total. The number of nitrogens with one attached hydrogen (secondary N) is 1. The van der Waals surface area contributed by atoms with E-state index in [9.17, 15) is 9.59 Å². The number of rotatable bonds is 5. The number of halogens is 1. The maximum Gasteiger partial charge on any atom is 0.309 e. The average Bonchev–Trinajstić information content (AvgIpc) is 3.17. The third-order valence-corrected chi connectivity index (χ3v) is 3.92. The van der Waals surface area contributed by atoms with Crippen molar-refractivity contribution in [1.82, 2.24) is 0 Å². The molecule has 0 aromatic heterocycles. The van der Waals surface area contributed by atoms with E-state index in [1.165, 1.54) is 7.11 Å². The van der Waals surface area contributed by atoms with Crippen LogP contribution >= 0.6 is 11.6 Å². The molecule has 2 rings (SSSR count). The lowest BCUT2D eigenvalue weighted by molar-refractivity contribution is -0.148. The molecule has 1 aromatic carbocycles. The number of carbonyl (C=O) groups is 2. The quantitative estimate of drug-likeness (QED) is 0.849. The number of anilines is 1. The van der Waals surface area contributed by atoms with Gasteiger partial charge in [-0.15, -0.1) is 0 Å². The SMILES string of the molecule is COc1cc(Cl)c(C)cc1NC(=O)COC(=O)[C@H]1C[C@@H]1C. The second-order valence-corrected chi connectivity index (χ2v) is 5.68. The summed E-state index contributed by atoms with van der Waals surface area (Å²) in [6, 6.07) is 3.34. The topological polar surface area (TPSA) is 64.6 Å². The fourth-order valence-corrected chi connectivity index (χ4v) is 2.16. The molecule has 21 heavy (non-hydrogen) atoms. The Hall–Kier alpha value is -1.75. The van der Waals surface area contributed by atoms with Gasteiger partial charge in [-0.2, -0.15) is 0 Å². The Morgan fingerprint density at radius 1 is 1.43 bits per heavy atom. The van der Waals surface area contributed by atoms with E-state index in [0.717, 1.165) is 12.0 Å². The van der Waals surface area contributed by atoms with Gasteiger partial charge in [0.15, 0.2) is 6.61 Å². The van der Waals surface area contributed by atoms with E-state index in [0.29, 0.717) is 22.4 Å². The predicted octanol–water partition coefficient (Wildman–Crippen LogP) is 2.79. The molecule has 0 spiro atoms. The molecular weight excluding hydrogens is 294 g/mol. The van der Waals surface area contributed by atoms with Gasteiger partial charge in [0.25, 0.3) is 5.91 Å². The van der Waals surface area contributed by atoms with Crippen molar-refractivity contribution in [1.29, 1.82) is 0 Å². The normalized spacial score (nSPS) is 19.8. The van der Waals surface area contributed by atoms with Gasteiger partial charge in [0, 0.05) is 11.1 Å². The second kappa shape index (κ2) is 6.35. The van der Waals surface area contributed by atoms with E-state index in [-0.39, 0.29) is 18.5 Å². The standard InChI is InChI=1S/C15H18ClNO4/c1-8-4-10(8)15(19)21-7-14(18)17-12-5-9(2)11(16)6-13(12)20-3/h5-6,8,10H,4,7H2,1-3H3,(H,17,18)/t8-,10-/m0/s1. The molecule has 1 amide bonds. The molecule has 1 aromatic rings. The summed E-state index contributed by atoms with van der Waals surface area (Å²) < 4.78 is 10.1. The van der Waals surface area contributed by atoms with Crippen LogP contribution in [0.15, 0.2) is 12.1 Å². The number of methoxy groups -OCH3 is 1. The summed E-state index contributed by atoms with van der Waals surface area (Å²) >= 11 is 6.00. The monoisotopic (exact) mass is 311 g/mol. The van der Waals surface area contributed by atoms with Gasteiger partial charge in [0.05, 0.1) is 18.7 Å². The van der Waals surface area contributed by atoms with E-state index in [4.69, 9.17) is 21.1 Å². The molecular formula is C15H18ClNO4. The van der Waals surface area contributed by atoms with Crippen LogP contribution in [0.5, 0.6) is 5.75 Å². The Kier molecular flexibility index (Phi) is 4.73. The molecule has 6 heteroatoms. The highest BCUT2D eigenvalue weighted by Crippen LogP contribution is 2.38. The van der Waals surface area contributed by atoms with Gasteiger partial charge in [0.2, 0.25) is 0 Å². The van der Waals surface area contributed by atoms with Gasteiger partial charge < -0.3 is 14.8 Å². The van der Waals surface area contributed by atoms with E-state index in [1.54, 1.807) is 12.1 Å². The molecule has 1 N–H and O–H groups in total. The molecule has 114 valence electrons. The van der Waals surface area contributed by atoms with Gasteiger partial charge in [-0.05, 0) is 30.9 Å². The minimum atomic E-state index is -0.406. The van der Waals surface area contributed by atoms with Crippen LogP contribution in [-0.2, 0) is 14.3 Å². The van der Waals surface area contributed by atoms with Gasteiger partial charge >= 0.3 is 5.97 Å². The molecule has 0 saturated heterocycles. The fourth-order valence-electron chi connectivity index (χ4n) is 2.01. The maximum absolute atomic E-state index is 11.8. The fraction of sp³-hybridized carbons (Fsp3) is 0.467. The van der Waals surface area contributed by atoms with Crippen molar-refractivity contribution in [3.05, 3.63) is 22.7 Å². The predicted molar refractivity (Wildman–Crippen MR) is 79.6 cm³/mol. The summed E-state index contributed by atoms with van der Waals surface area (Å²) in [4.78, 5) is 23.4. The summed E-state index contributed by atoms with van der Waals surface area (Å²) in [5.74, 6) is 0.0550. The highest BCUT2D eigenvalue weighted by molar-refractivity contribution is 6.31. The van der Waals surface area contributed by atoms with Crippen molar-refractivity contribution in [3.8, 4) is 5.75 Å². The van der Waals surface area contributed by atoms with Crippen molar-refractivity contribution in [2.45, 2.75) is 20.3 Å². The Bertz CT molecular complexity index is 573. The minimum Gasteiger partial charge on any atom is -0.495 e. The number of benzene rings is 1. The number of hydrogen-bond acceptors (Lipinski definition) is 4. The molecule has 0 unspecified atom stereocenters. The Balaban J connectivity index is 1.93. The van der Waals surface area contributed by atoms with Crippen molar-refractivity contribution in [3.63, 3.8) is 0 Å². The third kappa shape index (κ3) is 3.88. The van der Waals surface area contributed by atoms with Crippen LogP contribution < -0.4 is 10.1 Å². The lowest BCUT2D eigenvalue weighted by Crippen LogP contribution is -2.22. The molecule has 1 saturated carbocycles. The Morgan fingerprint density at radius 3 is 2.67 bits per heavy atom. The molecule has 1 aliphatic carbocycles. The van der Waals surface area contributed by atoms with Crippen LogP contribution in [0.25, 0.3) is 0 Å². The first kappa shape index (κ1) is 15.6. The molecule has 0 aliphatic heterocycles. The van der Waals surface area contributed by atoms with Crippen molar-refractivity contribution in [2.75, 3.05) is 19.0 Å². The molecule has 0 heterocycles. The van der Waals surface area contributed by atoms with Crippen LogP contribution in [0.4, 0.5) is 5.69 Å². The third-order valence-electron chi connectivity index (χ3n) is 3.51. The number of hydrogen-bond donors (Lipinski definition) is 1. The van der Waals surface area contributed by atoms with Crippen LogP contribution in [-0.4, -0.2) is 25.6 Å².